The molecule has 0 saturated carbocycles. The second-order valence-electron chi connectivity index (χ2n) is 5.56. The number of nitrogens with one attached hydrogen (secondary N) is 1. The average Bonchev–Trinajstić information content (AvgIpc) is 2.61. The Morgan fingerprint density at radius 1 is 1.25 bits per heavy atom. The van der Waals surface area contributed by atoms with Crippen LogP contribution in [0.4, 0.5) is 0 Å². The summed E-state index contributed by atoms with van der Waals surface area (Å²) in [6.07, 6.45) is -0.775. The molecule has 1 aliphatic rings. The molecule has 124 valence electrons. The number of ether oxygens (including phenoxy) is 2. The van der Waals surface area contributed by atoms with E-state index in [1.54, 1.807) is 37.3 Å². The lowest BCUT2D eigenvalue weighted by Gasteiger charge is -2.24. The van der Waals surface area contributed by atoms with E-state index in [9.17, 15) is 9.90 Å². The molecule has 0 saturated heterocycles. The van der Waals surface area contributed by atoms with Crippen LogP contribution in [0.1, 0.15) is 18.1 Å². The third-order valence-corrected chi connectivity index (χ3v) is 3.68. The molecule has 2 aromatic rings. The van der Waals surface area contributed by atoms with Crippen molar-refractivity contribution in [2.45, 2.75) is 20.0 Å². The third-order valence-electron chi connectivity index (χ3n) is 3.68. The van der Waals surface area contributed by atoms with Gasteiger partial charge in [0.05, 0.1) is 5.71 Å². The van der Waals surface area contributed by atoms with E-state index in [2.05, 4.69) is 10.5 Å². The van der Waals surface area contributed by atoms with Gasteiger partial charge < -0.3 is 14.6 Å². The highest BCUT2D eigenvalue weighted by molar-refractivity contribution is 6.01. The summed E-state index contributed by atoms with van der Waals surface area (Å²) in [5.41, 5.74) is 4.52. The lowest BCUT2D eigenvalue weighted by molar-refractivity contribution is -0.130. The highest BCUT2D eigenvalue weighted by Gasteiger charge is 2.27. The van der Waals surface area contributed by atoms with Gasteiger partial charge in [-0.25, -0.2) is 5.43 Å². The number of hydrogen-bond acceptors (Lipinski definition) is 5. The molecule has 0 aliphatic carbocycles. The molecular weight excluding hydrogens is 308 g/mol. The molecule has 1 atom stereocenters. The first kappa shape index (κ1) is 15.9. The van der Waals surface area contributed by atoms with Crippen molar-refractivity contribution < 1.29 is 19.4 Å². The number of nitrogens with zero attached hydrogens (tertiary/aromatic N) is 1. The molecule has 0 bridgehead atoms. The standard InChI is InChI=1S/C18H18N2O4/c1-11-7-8-14(21)13(9-11)12(2)19-20-18(22)17-10-23-15-5-3-4-6-16(15)24-17/h3-9,17,21H,10H2,1-2H3,(H,20,22)/b19-12+/t17-/m1/s1. The Morgan fingerprint density at radius 3 is 2.79 bits per heavy atom. The Labute approximate surface area is 139 Å². The second-order valence-corrected chi connectivity index (χ2v) is 5.56. The number of rotatable bonds is 3. The third kappa shape index (κ3) is 3.32. The van der Waals surface area contributed by atoms with E-state index in [-0.39, 0.29) is 12.4 Å². The second kappa shape index (κ2) is 6.62. The summed E-state index contributed by atoms with van der Waals surface area (Å²) in [6.45, 7) is 3.74. The maximum atomic E-state index is 12.2. The molecule has 6 nitrogen and oxygen atoms in total. The van der Waals surface area contributed by atoms with Crippen LogP contribution in [0.25, 0.3) is 0 Å². The number of para-hydroxylation sites is 2. The normalized spacial score (nSPS) is 16.6. The van der Waals surface area contributed by atoms with Crippen LogP contribution in [0.15, 0.2) is 47.6 Å². The zero-order valence-corrected chi connectivity index (χ0v) is 13.4. The fourth-order valence-electron chi connectivity index (χ4n) is 2.36. The van der Waals surface area contributed by atoms with Crippen LogP contribution in [0, 0.1) is 6.92 Å². The van der Waals surface area contributed by atoms with Crippen LogP contribution >= 0.6 is 0 Å². The number of hydrogen-bond donors (Lipinski definition) is 2. The Kier molecular flexibility index (Phi) is 4.37. The lowest BCUT2D eigenvalue weighted by atomic mass is 10.1. The van der Waals surface area contributed by atoms with Crippen molar-refractivity contribution in [2.24, 2.45) is 5.10 Å². The number of hydrazone groups is 1. The molecule has 6 heteroatoms. The molecule has 0 fully saturated rings. The Hall–Kier alpha value is -3.02. The molecule has 0 spiro atoms. The van der Waals surface area contributed by atoms with E-state index in [1.807, 2.05) is 19.1 Å². The quantitative estimate of drug-likeness (QED) is 0.670. The zero-order valence-electron chi connectivity index (χ0n) is 13.4. The Balaban J connectivity index is 1.68. The first-order valence-corrected chi connectivity index (χ1v) is 7.57. The SMILES string of the molecule is C/C(=N\NC(=O)[C@H]1COc2ccccc2O1)c1cc(C)ccc1O. The number of carbonyl (C=O) groups excluding carboxylic acids is 1. The summed E-state index contributed by atoms with van der Waals surface area (Å²) in [4.78, 5) is 12.2. The fourth-order valence-corrected chi connectivity index (χ4v) is 2.36. The van der Waals surface area contributed by atoms with Gasteiger partial charge in [0.1, 0.15) is 12.4 Å². The molecule has 0 unspecified atom stereocenters. The topological polar surface area (TPSA) is 80.2 Å². The van der Waals surface area contributed by atoms with Gasteiger partial charge in [0.15, 0.2) is 11.5 Å². The van der Waals surface area contributed by atoms with Crippen molar-refractivity contribution in [2.75, 3.05) is 6.61 Å². The zero-order chi connectivity index (χ0) is 17.1. The van der Waals surface area contributed by atoms with Crippen LogP contribution in [-0.4, -0.2) is 29.4 Å². The van der Waals surface area contributed by atoms with Crippen LogP contribution in [0.2, 0.25) is 0 Å². The molecule has 2 aromatic carbocycles. The van der Waals surface area contributed by atoms with Crippen LogP contribution < -0.4 is 14.9 Å². The number of carbonyl (C=O) groups is 1. The molecule has 24 heavy (non-hydrogen) atoms. The van der Waals surface area contributed by atoms with E-state index < -0.39 is 12.0 Å². The summed E-state index contributed by atoms with van der Waals surface area (Å²) >= 11 is 0. The summed E-state index contributed by atoms with van der Waals surface area (Å²) in [6, 6.07) is 12.4. The number of phenolic OH excluding ortho intramolecular Hbond substituents is 1. The van der Waals surface area contributed by atoms with E-state index in [0.717, 1.165) is 5.56 Å². The minimum absolute atomic E-state index is 0.113. The van der Waals surface area contributed by atoms with Gasteiger partial charge in [-0.2, -0.15) is 5.10 Å². The van der Waals surface area contributed by atoms with Crippen molar-refractivity contribution in [3.63, 3.8) is 0 Å². The molecule has 1 aliphatic heterocycles. The number of amides is 1. The molecule has 0 radical (unpaired) electrons. The molecular formula is C18H18N2O4. The van der Waals surface area contributed by atoms with Crippen molar-refractivity contribution in [1.82, 2.24) is 5.43 Å². The predicted molar refractivity (Wildman–Crippen MR) is 89.6 cm³/mol. The highest BCUT2D eigenvalue weighted by Crippen LogP contribution is 2.30. The first-order chi connectivity index (χ1) is 11.5. The van der Waals surface area contributed by atoms with E-state index in [1.165, 1.54) is 0 Å². The van der Waals surface area contributed by atoms with Gasteiger partial charge in [0.25, 0.3) is 5.91 Å². The van der Waals surface area contributed by atoms with Crippen molar-refractivity contribution >= 4 is 11.6 Å². The monoisotopic (exact) mass is 326 g/mol. The summed E-state index contributed by atoms with van der Waals surface area (Å²) in [5, 5.41) is 13.9. The van der Waals surface area contributed by atoms with Gasteiger partial charge in [-0.1, -0.05) is 23.8 Å². The van der Waals surface area contributed by atoms with Crippen molar-refractivity contribution in [3.8, 4) is 17.2 Å². The van der Waals surface area contributed by atoms with E-state index in [4.69, 9.17) is 9.47 Å². The molecule has 0 aromatic heterocycles. The highest BCUT2D eigenvalue weighted by atomic mass is 16.6. The van der Waals surface area contributed by atoms with Gasteiger partial charge in [-0.3, -0.25) is 4.79 Å². The molecule has 1 heterocycles. The van der Waals surface area contributed by atoms with E-state index >= 15 is 0 Å². The summed E-state index contributed by atoms with van der Waals surface area (Å²) in [7, 11) is 0. The lowest BCUT2D eigenvalue weighted by Crippen LogP contribution is -2.42. The molecule has 2 N–H and O–H groups in total. The van der Waals surface area contributed by atoms with Crippen LogP contribution in [0.5, 0.6) is 17.2 Å². The molecule has 1 amide bonds. The minimum Gasteiger partial charge on any atom is -0.507 e. The van der Waals surface area contributed by atoms with Gasteiger partial charge in [-0.15, -0.1) is 0 Å². The molecule has 3 rings (SSSR count). The van der Waals surface area contributed by atoms with Crippen molar-refractivity contribution in [1.29, 1.82) is 0 Å². The van der Waals surface area contributed by atoms with Gasteiger partial charge >= 0.3 is 0 Å². The average molecular weight is 326 g/mol. The van der Waals surface area contributed by atoms with E-state index in [0.29, 0.717) is 22.8 Å². The first-order valence-electron chi connectivity index (χ1n) is 7.57. The van der Waals surface area contributed by atoms with Gasteiger partial charge in [0.2, 0.25) is 6.10 Å². The van der Waals surface area contributed by atoms with Gasteiger partial charge in [-0.05, 0) is 38.1 Å². The maximum absolute atomic E-state index is 12.2. The Morgan fingerprint density at radius 2 is 2.00 bits per heavy atom. The van der Waals surface area contributed by atoms with Crippen LogP contribution in [-0.2, 0) is 4.79 Å². The number of fused-ring (bicyclic) bond motifs is 1. The maximum Gasteiger partial charge on any atom is 0.284 e. The fraction of sp³-hybridized carbons (Fsp3) is 0.222. The summed E-state index contributed by atoms with van der Waals surface area (Å²) < 4.78 is 11.1. The number of aryl methyl sites for hydroxylation is 1. The smallest absolute Gasteiger partial charge is 0.284 e. The number of aromatic hydroxyl groups is 1. The van der Waals surface area contributed by atoms with Crippen LogP contribution in [0.3, 0.4) is 0 Å². The predicted octanol–water partition coefficient (Wildman–Crippen LogP) is 2.38. The van der Waals surface area contributed by atoms with Crippen molar-refractivity contribution in [3.05, 3.63) is 53.6 Å². The number of benzene rings is 2. The van der Waals surface area contributed by atoms with Gasteiger partial charge in [0, 0.05) is 5.56 Å². The largest absolute Gasteiger partial charge is 0.507 e. The number of phenols is 1. The minimum atomic E-state index is -0.775. The Bertz CT molecular complexity index is 801. The summed E-state index contributed by atoms with van der Waals surface area (Å²) in [5.74, 6) is 0.852.